The maximum absolute atomic E-state index is 4.63. The number of nitrogens with one attached hydrogen (secondary N) is 1. The first-order valence-electron chi connectivity index (χ1n) is 7.17. The molecule has 0 bridgehead atoms. The van der Waals surface area contributed by atoms with Crippen molar-refractivity contribution in [1.29, 1.82) is 0 Å². The summed E-state index contributed by atoms with van der Waals surface area (Å²) in [5, 5.41) is 8.16. The van der Waals surface area contributed by atoms with E-state index in [2.05, 4.69) is 53.8 Å². The van der Waals surface area contributed by atoms with Gasteiger partial charge in [-0.25, -0.2) is 0 Å². The number of nitrogens with zero attached hydrogens (tertiary/aromatic N) is 3. The maximum atomic E-state index is 4.63. The van der Waals surface area contributed by atoms with Crippen LogP contribution < -0.4 is 5.32 Å². The second-order valence-electron chi connectivity index (χ2n) is 5.38. The molecule has 2 heterocycles. The highest BCUT2D eigenvalue weighted by Gasteiger charge is 2.23. The van der Waals surface area contributed by atoms with Crippen molar-refractivity contribution in [2.24, 2.45) is 0 Å². The van der Waals surface area contributed by atoms with E-state index in [0.29, 0.717) is 12.1 Å². The van der Waals surface area contributed by atoms with E-state index in [-0.39, 0.29) is 0 Å². The van der Waals surface area contributed by atoms with Gasteiger partial charge in [0.2, 0.25) is 0 Å². The van der Waals surface area contributed by atoms with Gasteiger partial charge in [-0.1, -0.05) is 6.92 Å². The Balaban J connectivity index is 2.09. The van der Waals surface area contributed by atoms with Crippen LogP contribution in [-0.4, -0.2) is 39.9 Å². The van der Waals surface area contributed by atoms with Crippen molar-refractivity contribution < 1.29 is 0 Å². The molecule has 0 aliphatic carbocycles. The Bertz CT molecular complexity index is 385. The van der Waals surface area contributed by atoms with E-state index in [1.54, 1.807) is 0 Å². The van der Waals surface area contributed by atoms with Gasteiger partial charge >= 0.3 is 0 Å². The molecule has 0 saturated carbocycles. The first-order chi connectivity index (χ1) is 8.63. The summed E-state index contributed by atoms with van der Waals surface area (Å²) in [5.41, 5.74) is 2.57. The molecule has 0 spiro atoms. The highest BCUT2D eigenvalue weighted by Crippen LogP contribution is 2.14. The Morgan fingerprint density at radius 3 is 2.83 bits per heavy atom. The van der Waals surface area contributed by atoms with E-state index in [0.717, 1.165) is 32.6 Å². The molecule has 1 aromatic heterocycles. The first kappa shape index (κ1) is 13.6. The largest absolute Gasteiger partial charge is 0.311 e. The van der Waals surface area contributed by atoms with Gasteiger partial charge in [-0.15, -0.1) is 0 Å². The molecular weight excluding hydrogens is 224 g/mol. The number of rotatable bonds is 4. The van der Waals surface area contributed by atoms with Crippen LogP contribution in [0.3, 0.4) is 0 Å². The zero-order valence-corrected chi connectivity index (χ0v) is 12.1. The van der Waals surface area contributed by atoms with Gasteiger partial charge in [-0.3, -0.25) is 9.58 Å². The van der Waals surface area contributed by atoms with E-state index >= 15 is 0 Å². The van der Waals surface area contributed by atoms with Crippen LogP contribution >= 0.6 is 0 Å². The zero-order valence-electron chi connectivity index (χ0n) is 12.1. The first-order valence-corrected chi connectivity index (χ1v) is 7.17. The minimum atomic E-state index is 0.588. The van der Waals surface area contributed by atoms with Crippen LogP contribution in [0.4, 0.5) is 0 Å². The highest BCUT2D eigenvalue weighted by atomic mass is 15.3. The highest BCUT2D eigenvalue weighted by molar-refractivity contribution is 5.11. The van der Waals surface area contributed by atoms with Crippen LogP contribution in [0.1, 0.15) is 39.1 Å². The molecular formula is C14H26N4. The number of aromatic nitrogens is 2. The Hall–Kier alpha value is -0.870. The standard InChI is InChI=1S/C14H26N4/c1-5-13-7-14(18(6-2)16-13)10-17-9-11(3)15-8-12(17)4/h7,11-12,15H,5-6,8-10H2,1-4H3. The summed E-state index contributed by atoms with van der Waals surface area (Å²) in [5.74, 6) is 0. The van der Waals surface area contributed by atoms with Crippen molar-refractivity contribution >= 4 is 0 Å². The van der Waals surface area contributed by atoms with Crippen LogP contribution in [0.2, 0.25) is 0 Å². The molecule has 1 N–H and O–H groups in total. The van der Waals surface area contributed by atoms with Gasteiger partial charge in [0.25, 0.3) is 0 Å². The van der Waals surface area contributed by atoms with Crippen molar-refractivity contribution in [3.63, 3.8) is 0 Å². The van der Waals surface area contributed by atoms with Crippen LogP contribution in [0.15, 0.2) is 6.07 Å². The third kappa shape index (κ3) is 2.93. The van der Waals surface area contributed by atoms with Gasteiger partial charge in [-0.05, 0) is 33.3 Å². The molecule has 2 unspecified atom stereocenters. The summed E-state index contributed by atoms with van der Waals surface area (Å²) in [4.78, 5) is 2.56. The number of piperazine rings is 1. The average molecular weight is 250 g/mol. The number of aryl methyl sites for hydroxylation is 2. The molecule has 0 radical (unpaired) electrons. The van der Waals surface area contributed by atoms with E-state index < -0.39 is 0 Å². The van der Waals surface area contributed by atoms with Crippen LogP contribution in [0, 0.1) is 0 Å². The Kier molecular flexibility index (Phi) is 4.40. The molecule has 2 atom stereocenters. The molecule has 2 rings (SSSR count). The van der Waals surface area contributed by atoms with Gasteiger partial charge in [-0.2, -0.15) is 5.10 Å². The predicted molar refractivity (Wildman–Crippen MR) is 74.6 cm³/mol. The fourth-order valence-corrected chi connectivity index (χ4v) is 2.61. The Labute approximate surface area is 110 Å². The lowest BCUT2D eigenvalue weighted by Gasteiger charge is -2.37. The summed E-state index contributed by atoms with van der Waals surface area (Å²) in [6, 6.07) is 3.46. The second kappa shape index (κ2) is 5.85. The van der Waals surface area contributed by atoms with Gasteiger partial charge in [0.15, 0.2) is 0 Å². The monoisotopic (exact) mass is 250 g/mol. The Morgan fingerprint density at radius 2 is 2.17 bits per heavy atom. The van der Waals surface area contributed by atoms with Crippen molar-refractivity contribution in [3.05, 3.63) is 17.5 Å². The molecule has 1 saturated heterocycles. The smallest absolute Gasteiger partial charge is 0.0625 e. The second-order valence-corrected chi connectivity index (χ2v) is 5.38. The number of hydrogen-bond donors (Lipinski definition) is 1. The lowest BCUT2D eigenvalue weighted by atomic mass is 10.1. The minimum Gasteiger partial charge on any atom is -0.311 e. The van der Waals surface area contributed by atoms with E-state index in [4.69, 9.17) is 0 Å². The lowest BCUT2D eigenvalue weighted by molar-refractivity contribution is 0.135. The molecule has 4 nitrogen and oxygen atoms in total. The zero-order chi connectivity index (χ0) is 13.1. The van der Waals surface area contributed by atoms with Gasteiger partial charge in [0.05, 0.1) is 11.4 Å². The van der Waals surface area contributed by atoms with Crippen LogP contribution in [-0.2, 0) is 19.5 Å². The molecule has 1 aliphatic rings. The summed E-state index contributed by atoms with van der Waals surface area (Å²) in [7, 11) is 0. The SMILES string of the molecule is CCc1cc(CN2CC(C)NCC2C)n(CC)n1. The summed E-state index contributed by atoms with van der Waals surface area (Å²) in [6.45, 7) is 13.1. The van der Waals surface area contributed by atoms with Crippen LogP contribution in [0.5, 0.6) is 0 Å². The van der Waals surface area contributed by atoms with Crippen molar-refractivity contribution in [2.75, 3.05) is 13.1 Å². The van der Waals surface area contributed by atoms with E-state index in [1.165, 1.54) is 11.4 Å². The fraction of sp³-hybridized carbons (Fsp3) is 0.786. The summed E-state index contributed by atoms with van der Waals surface area (Å²) < 4.78 is 2.15. The van der Waals surface area contributed by atoms with Crippen LogP contribution in [0.25, 0.3) is 0 Å². The van der Waals surface area contributed by atoms with Gasteiger partial charge in [0.1, 0.15) is 0 Å². The normalized spacial score (nSPS) is 25.6. The quantitative estimate of drug-likeness (QED) is 0.882. The third-order valence-electron chi connectivity index (χ3n) is 3.83. The summed E-state index contributed by atoms with van der Waals surface area (Å²) in [6.07, 6.45) is 1.02. The number of hydrogen-bond acceptors (Lipinski definition) is 3. The third-order valence-corrected chi connectivity index (χ3v) is 3.83. The molecule has 18 heavy (non-hydrogen) atoms. The molecule has 1 aliphatic heterocycles. The average Bonchev–Trinajstić information content (AvgIpc) is 2.76. The summed E-state index contributed by atoms with van der Waals surface area (Å²) >= 11 is 0. The predicted octanol–water partition coefficient (Wildman–Crippen LogP) is 1.65. The molecule has 0 amide bonds. The van der Waals surface area contributed by atoms with E-state index in [1.807, 2.05) is 0 Å². The molecule has 0 aromatic carbocycles. The van der Waals surface area contributed by atoms with E-state index in [9.17, 15) is 0 Å². The molecule has 1 aromatic rings. The minimum absolute atomic E-state index is 0.588. The lowest BCUT2D eigenvalue weighted by Crippen LogP contribution is -2.53. The van der Waals surface area contributed by atoms with Gasteiger partial charge in [0, 0.05) is 38.3 Å². The fourth-order valence-electron chi connectivity index (χ4n) is 2.61. The Morgan fingerprint density at radius 1 is 1.39 bits per heavy atom. The van der Waals surface area contributed by atoms with Crippen molar-refractivity contribution in [1.82, 2.24) is 20.0 Å². The molecule has 4 heteroatoms. The van der Waals surface area contributed by atoms with Crippen molar-refractivity contribution in [3.8, 4) is 0 Å². The van der Waals surface area contributed by atoms with Gasteiger partial charge < -0.3 is 5.32 Å². The molecule has 1 fully saturated rings. The topological polar surface area (TPSA) is 33.1 Å². The van der Waals surface area contributed by atoms with Crippen molar-refractivity contribution in [2.45, 2.75) is 59.3 Å². The molecule has 102 valence electrons. The maximum Gasteiger partial charge on any atom is 0.0625 e.